The number of aliphatic hydroxyl groups excluding tert-OH is 1. The Bertz CT molecular complexity index is 593. The predicted molar refractivity (Wildman–Crippen MR) is 123 cm³/mol. The lowest BCUT2D eigenvalue weighted by Gasteiger charge is -2.37. The molecule has 1 aliphatic heterocycles. The molecule has 0 saturated heterocycles. The van der Waals surface area contributed by atoms with Crippen LogP contribution >= 0.6 is 0 Å². The fourth-order valence-electron chi connectivity index (χ4n) is 3.58. The lowest BCUT2D eigenvalue weighted by atomic mass is 9.89. The minimum Gasteiger partial charge on any atom is -0.480 e. The Morgan fingerprint density at radius 2 is 1.65 bits per heavy atom. The molecule has 31 heavy (non-hydrogen) atoms. The predicted octanol–water partition coefficient (Wildman–Crippen LogP) is 5.96. The molecule has 1 unspecified atom stereocenters. The Balaban J connectivity index is 2.60. The third kappa shape index (κ3) is 9.26. The number of aliphatic hydroxyl groups is 1. The molecule has 0 spiro atoms. The molecule has 0 aromatic carbocycles. The monoisotopic (exact) mass is 444 g/mol. The van der Waals surface area contributed by atoms with Crippen molar-refractivity contribution < 1.29 is 23.4 Å². The minimum atomic E-state index is -2.18. The van der Waals surface area contributed by atoms with Crippen molar-refractivity contribution in [1.82, 2.24) is 0 Å². The van der Waals surface area contributed by atoms with E-state index in [-0.39, 0.29) is 18.4 Å². The standard InChI is InChI=1S/C24H42F2N2O3/c1-6-30-22-21(18(3)4)27-23(31-7-2)24(5,28-22)19(29)16-14-12-10-8-9-11-13-15-17-20(25)26/h10,12,18-21,29H,6-9,11,13-17H2,1-5H3/t19?,21-,24+/m1/s1. The largest absolute Gasteiger partial charge is 0.480 e. The van der Waals surface area contributed by atoms with Gasteiger partial charge < -0.3 is 14.6 Å². The number of hydrogen-bond donors (Lipinski definition) is 1. The van der Waals surface area contributed by atoms with Crippen LogP contribution in [0.4, 0.5) is 8.78 Å². The molecule has 0 bridgehead atoms. The Morgan fingerprint density at radius 1 is 1.00 bits per heavy atom. The molecule has 0 aromatic heterocycles. The molecule has 0 fully saturated rings. The summed E-state index contributed by atoms with van der Waals surface area (Å²) in [5, 5.41) is 11.0. The van der Waals surface area contributed by atoms with Crippen molar-refractivity contribution in [2.75, 3.05) is 13.2 Å². The van der Waals surface area contributed by atoms with Gasteiger partial charge in [-0.15, -0.1) is 0 Å². The van der Waals surface area contributed by atoms with Gasteiger partial charge in [-0.3, -0.25) is 0 Å². The van der Waals surface area contributed by atoms with E-state index in [2.05, 4.69) is 26.0 Å². The summed E-state index contributed by atoms with van der Waals surface area (Å²) in [7, 11) is 0. The number of rotatable bonds is 14. The molecule has 0 aromatic rings. The smallest absolute Gasteiger partial charge is 0.238 e. The molecule has 1 rings (SSSR count). The molecule has 1 aliphatic rings. The SMILES string of the molecule is CCOC1=N[C@@](C)(C(O)CCC=CCCCCCCC(F)F)C(OCC)=N[C@@H]1C(C)C. The summed E-state index contributed by atoms with van der Waals surface area (Å²) in [5.74, 6) is 1.24. The number of alkyl halides is 2. The van der Waals surface area contributed by atoms with Crippen molar-refractivity contribution in [3.63, 3.8) is 0 Å². The fourth-order valence-corrected chi connectivity index (χ4v) is 3.58. The summed E-state index contributed by atoms with van der Waals surface area (Å²) >= 11 is 0. The topological polar surface area (TPSA) is 63.4 Å². The molecular weight excluding hydrogens is 402 g/mol. The van der Waals surface area contributed by atoms with Gasteiger partial charge in [0.15, 0.2) is 5.54 Å². The van der Waals surface area contributed by atoms with Crippen molar-refractivity contribution in [3.05, 3.63) is 12.2 Å². The third-order valence-corrected chi connectivity index (χ3v) is 5.45. The molecule has 0 aliphatic carbocycles. The average Bonchev–Trinajstić information content (AvgIpc) is 2.71. The molecular formula is C24H42F2N2O3. The molecule has 1 heterocycles. The lowest BCUT2D eigenvalue weighted by Crippen LogP contribution is -2.52. The zero-order valence-corrected chi connectivity index (χ0v) is 19.9. The quantitative estimate of drug-likeness (QED) is 0.266. The normalized spacial score (nSPS) is 22.7. The first-order valence-corrected chi connectivity index (χ1v) is 11.8. The van der Waals surface area contributed by atoms with Crippen molar-refractivity contribution in [2.45, 2.75) is 110 Å². The number of unbranched alkanes of at least 4 members (excludes halogenated alkanes) is 4. The highest BCUT2D eigenvalue weighted by Gasteiger charge is 2.45. The Kier molecular flexibility index (Phi) is 12.9. The molecule has 5 nitrogen and oxygen atoms in total. The van der Waals surface area contributed by atoms with E-state index >= 15 is 0 Å². The van der Waals surface area contributed by atoms with Gasteiger partial charge >= 0.3 is 0 Å². The maximum Gasteiger partial charge on any atom is 0.238 e. The second-order valence-corrected chi connectivity index (χ2v) is 8.53. The average molecular weight is 445 g/mol. The second kappa shape index (κ2) is 14.5. The Hall–Kier alpha value is -1.50. The van der Waals surface area contributed by atoms with Crippen LogP contribution in [0.25, 0.3) is 0 Å². The van der Waals surface area contributed by atoms with Crippen molar-refractivity contribution >= 4 is 11.8 Å². The van der Waals surface area contributed by atoms with Crippen LogP contribution in [-0.4, -0.2) is 54.2 Å². The number of ether oxygens (including phenoxy) is 2. The van der Waals surface area contributed by atoms with E-state index in [1.54, 1.807) is 0 Å². The Labute approximate surface area is 187 Å². The first kappa shape index (κ1) is 27.5. The number of halogens is 2. The van der Waals surface area contributed by atoms with Gasteiger partial charge in [0.05, 0.1) is 19.3 Å². The summed E-state index contributed by atoms with van der Waals surface area (Å²) in [5.41, 5.74) is -0.968. The summed E-state index contributed by atoms with van der Waals surface area (Å²) in [6, 6.07) is -0.206. The van der Waals surface area contributed by atoms with Gasteiger partial charge in [0.2, 0.25) is 18.2 Å². The van der Waals surface area contributed by atoms with Gasteiger partial charge in [-0.2, -0.15) is 0 Å². The van der Waals surface area contributed by atoms with Gasteiger partial charge in [0.25, 0.3) is 0 Å². The molecule has 7 heteroatoms. The van der Waals surface area contributed by atoms with Crippen LogP contribution in [0.3, 0.4) is 0 Å². The van der Waals surface area contributed by atoms with Crippen LogP contribution in [0.5, 0.6) is 0 Å². The van der Waals surface area contributed by atoms with E-state index in [0.29, 0.717) is 44.3 Å². The lowest BCUT2D eigenvalue weighted by molar-refractivity contribution is 0.0997. The molecule has 180 valence electrons. The number of nitrogens with zero attached hydrogens (tertiary/aromatic N) is 2. The highest BCUT2D eigenvalue weighted by molar-refractivity contribution is 5.97. The van der Waals surface area contributed by atoms with E-state index in [1.165, 1.54) is 0 Å². The molecule has 3 atom stereocenters. The zero-order valence-electron chi connectivity index (χ0n) is 19.9. The van der Waals surface area contributed by atoms with E-state index in [4.69, 9.17) is 19.5 Å². The van der Waals surface area contributed by atoms with Crippen LogP contribution < -0.4 is 0 Å². The minimum absolute atomic E-state index is 0.00490. The summed E-state index contributed by atoms with van der Waals surface area (Å²) in [4.78, 5) is 9.55. The van der Waals surface area contributed by atoms with Crippen LogP contribution in [-0.2, 0) is 9.47 Å². The number of aliphatic imine (C=N–C) groups is 2. The number of hydrogen-bond acceptors (Lipinski definition) is 5. The van der Waals surface area contributed by atoms with Crippen LogP contribution in [0.2, 0.25) is 0 Å². The first-order chi connectivity index (χ1) is 14.8. The fraction of sp³-hybridized carbons (Fsp3) is 0.833. The molecule has 0 amide bonds. The first-order valence-electron chi connectivity index (χ1n) is 11.8. The summed E-state index contributed by atoms with van der Waals surface area (Å²) in [6.45, 7) is 10.8. The summed E-state index contributed by atoms with van der Waals surface area (Å²) in [6.07, 6.45) is 6.83. The van der Waals surface area contributed by atoms with Gasteiger partial charge in [-0.1, -0.05) is 38.8 Å². The van der Waals surface area contributed by atoms with Crippen molar-refractivity contribution in [3.8, 4) is 0 Å². The summed E-state index contributed by atoms with van der Waals surface area (Å²) < 4.78 is 35.7. The van der Waals surface area contributed by atoms with E-state index in [0.717, 1.165) is 25.7 Å². The van der Waals surface area contributed by atoms with Gasteiger partial charge in [0, 0.05) is 6.42 Å². The number of allylic oxidation sites excluding steroid dienone is 2. The van der Waals surface area contributed by atoms with Crippen LogP contribution in [0, 0.1) is 5.92 Å². The van der Waals surface area contributed by atoms with E-state index < -0.39 is 18.1 Å². The Morgan fingerprint density at radius 3 is 2.26 bits per heavy atom. The van der Waals surface area contributed by atoms with Gasteiger partial charge in [-0.25, -0.2) is 18.8 Å². The van der Waals surface area contributed by atoms with Gasteiger partial charge in [0.1, 0.15) is 6.04 Å². The second-order valence-electron chi connectivity index (χ2n) is 8.53. The zero-order chi connectivity index (χ0) is 23.3. The van der Waals surface area contributed by atoms with Crippen LogP contribution in [0.15, 0.2) is 22.1 Å². The van der Waals surface area contributed by atoms with E-state index in [1.807, 2.05) is 20.8 Å². The maximum absolute atomic E-state index is 12.1. The molecule has 1 N–H and O–H groups in total. The highest BCUT2D eigenvalue weighted by Crippen LogP contribution is 2.30. The third-order valence-electron chi connectivity index (χ3n) is 5.45. The highest BCUT2D eigenvalue weighted by atomic mass is 19.3. The van der Waals surface area contributed by atoms with Gasteiger partial charge in [-0.05, 0) is 58.8 Å². The van der Waals surface area contributed by atoms with E-state index in [9.17, 15) is 13.9 Å². The molecule has 0 radical (unpaired) electrons. The van der Waals surface area contributed by atoms with Crippen LogP contribution in [0.1, 0.15) is 86.0 Å². The maximum atomic E-state index is 12.1. The molecule has 0 saturated carbocycles. The van der Waals surface area contributed by atoms with Crippen molar-refractivity contribution in [2.24, 2.45) is 15.9 Å². The van der Waals surface area contributed by atoms with Crippen molar-refractivity contribution in [1.29, 1.82) is 0 Å².